The van der Waals surface area contributed by atoms with Gasteiger partial charge >= 0.3 is 0 Å². The maximum absolute atomic E-state index is 13.0. The molecule has 0 radical (unpaired) electrons. The topological polar surface area (TPSA) is 66.8 Å². The highest BCUT2D eigenvalue weighted by Crippen LogP contribution is 2.38. The predicted octanol–water partition coefficient (Wildman–Crippen LogP) is 1.98. The molecular weight excluding hydrogens is 310 g/mol. The fraction of sp³-hybridized carbons (Fsp3) is 0.714. The van der Waals surface area contributed by atoms with Gasteiger partial charge in [0.25, 0.3) is 0 Å². The predicted molar refractivity (Wildman–Crippen MR) is 82.9 cm³/mol. The van der Waals surface area contributed by atoms with E-state index in [2.05, 4.69) is 0 Å². The van der Waals surface area contributed by atoms with Crippen molar-refractivity contribution in [1.82, 2.24) is 4.31 Å². The average molecular weight is 333 g/mol. The summed E-state index contributed by atoms with van der Waals surface area (Å²) < 4.78 is 32.7. The highest BCUT2D eigenvalue weighted by atomic mass is 32.2. The van der Waals surface area contributed by atoms with E-state index in [1.165, 1.54) is 11.3 Å². The number of aliphatic hydroxyl groups excluding tert-OH is 1. The lowest BCUT2D eigenvalue weighted by molar-refractivity contribution is 0.164. The SMILES string of the molecule is COCCN(C(C)C1CC1)S(=O)(=O)c1c(C)csc1CO. The Morgan fingerprint density at radius 3 is 2.71 bits per heavy atom. The van der Waals surface area contributed by atoms with Gasteiger partial charge in [-0.15, -0.1) is 11.3 Å². The molecule has 1 unspecified atom stereocenters. The van der Waals surface area contributed by atoms with Gasteiger partial charge < -0.3 is 9.84 Å². The summed E-state index contributed by atoms with van der Waals surface area (Å²) in [6, 6.07) is -0.0315. The van der Waals surface area contributed by atoms with Gasteiger partial charge in [0.05, 0.1) is 18.1 Å². The van der Waals surface area contributed by atoms with Gasteiger partial charge in [-0.2, -0.15) is 4.31 Å². The van der Waals surface area contributed by atoms with E-state index < -0.39 is 10.0 Å². The van der Waals surface area contributed by atoms with Gasteiger partial charge in [0.1, 0.15) is 4.90 Å². The van der Waals surface area contributed by atoms with Crippen LogP contribution in [0.3, 0.4) is 0 Å². The van der Waals surface area contributed by atoms with Crippen molar-refractivity contribution in [1.29, 1.82) is 0 Å². The summed E-state index contributed by atoms with van der Waals surface area (Å²) in [5, 5.41) is 11.2. The Morgan fingerprint density at radius 1 is 1.52 bits per heavy atom. The van der Waals surface area contributed by atoms with Crippen LogP contribution in [0, 0.1) is 12.8 Å². The molecule has 2 rings (SSSR count). The molecule has 1 aromatic rings. The summed E-state index contributed by atoms with van der Waals surface area (Å²) in [5.74, 6) is 0.438. The normalized spacial score (nSPS) is 17.4. The molecule has 5 nitrogen and oxygen atoms in total. The molecule has 1 aromatic heterocycles. The zero-order chi connectivity index (χ0) is 15.6. The Kier molecular flexibility index (Phi) is 5.43. The molecule has 1 aliphatic rings. The van der Waals surface area contributed by atoms with Crippen LogP contribution in [-0.4, -0.2) is 44.1 Å². The second-order valence-corrected chi connectivity index (χ2v) is 8.31. The minimum atomic E-state index is -3.60. The first kappa shape index (κ1) is 16.9. The van der Waals surface area contributed by atoms with E-state index in [4.69, 9.17) is 4.74 Å². The third-order valence-corrected chi connectivity index (χ3v) is 7.41. The van der Waals surface area contributed by atoms with Crippen molar-refractivity contribution in [3.05, 3.63) is 15.8 Å². The summed E-state index contributed by atoms with van der Waals surface area (Å²) in [7, 11) is -2.03. The van der Waals surface area contributed by atoms with Gasteiger partial charge in [0.2, 0.25) is 10.0 Å². The van der Waals surface area contributed by atoms with Crippen molar-refractivity contribution in [2.24, 2.45) is 5.92 Å². The number of hydrogen-bond donors (Lipinski definition) is 1. The third-order valence-electron chi connectivity index (χ3n) is 3.97. The number of methoxy groups -OCH3 is 1. The number of nitrogens with zero attached hydrogens (tertiary/aromatic N) is 1. The van der Waals surface area contributed by atoms with Crippen LogP contribution in [0.15, 0.2) is 10.3 Å². The Balaban J connectivity index is 2.38. The second kappa shape index (κ2) is 6.75. The Bertz CT molecular complexity index is 578. The van der Waals surface area contributed by atoms with Crippen LogP contribution in [0.4, 0.5) is 0 Å². The fourth-order valence-corrected chi connectivity index (χ4v) is 5.89. The first-order valence-electron chi connectivity index (χ1n) is 7.12. The molecule has 1 atom stereocenters. The molecule has 21 heavy (non-hydrogen) atoms. The van der Waals surface area contributed by atoms with Gasteiger partial charge in [-0.25, -0.2) is 8.42 Å². The highest BCUT2D eigenvalue weighted by molar-refractivity contribution is 7.89. The summed E-state index contributed by atoms with van der Waals surface area (Å²) >= 11 is 1.29. The average Bonchev–Trinajstić information content (AvgIpc) is 3.21. The molecule has 1 heterocycles. The maximum Gasteiger partial charge on any atom is 0.244 e. The fourth-order valence-electron chi connectivity index (χ4n) is 2.60. The standard InChI is InChI=1S/C14H23NO4S2/c1-10-9-20-13(8-16)14(10)21(17,18)15(6-7-19-3)11(2)12-4-5-12/h9,11-12,16H,4-8H2,1-3H3. The zero-order valence-corrected chi connectivity index (χ0v) is 14.3. The number of rotatable bonds is 8. The van der Waals surface area contributed by atoms with Crippen LogP contribution in [0.1, 0.15) is 30.2 Å². The van der Waals surface area contributed by atoms with Gasteiger partial charge in [0, 0.05) is 19.7 Å². The van der Waals surface area contributed by atoms with E-state index in [-0.39, 0.29) is 17.5 Å². The lowest BCUT2D eigenvalue weighted by Gasteiger charge is -2.28. The lowest BCUT2D eigenvalue weighted by atomic mass is 10.2. The van der Waals surface area contributed by atoms with Gasteiger partial charge in [-0.3, -0.25) is 0 Å². The van der Waals surface area contributed by atoms with Crippen LogP contribution in [0.25, 0.3) is 0 Å². The van der Waals surface area contributed by atoms with Crippen LogP contribution in [0.2, 0.25) is 0 Å². The number of aryl methyl sites for hydroxylation is 1. The van der Waals surface area contributed by atoms with Crippen molar-refractivity contribution in [3.8, 4) is 0 Å². The molecular formula is C14H23NO4S2. The molecule has 1 fully saturated rings. The van der Waals surface area contributed by atoms with Crippen LogP contribution in [-0.2, 0) is 21.4 Å². The monoisotopic (exact) mass is 333 g/mol. The van der Waals surface area contributed by atoms with E-state index in [0.717, 1.165) is 12.8 Å². The van der Waals surface area contributed by atoms with Crippen LogP contribution in [0.5, 0.6) is 0 Å². The van der Waals surface area contributed by atoms with Crippen molar-refractivity contribution < 1.29 is 18.3 Å². The zero-order valence-electron chi connectivity index (χ0n) is 12.7. The molecule has 0 amide bonds. The molecule has 0 aliphatic heterocycles. The first-order chi connectivity index (χ1) is 9.93. The van der Waals surface area contributed by atoms with E-state index in [0.29, 0.717) is 29.5 Å². The second-order valence-electron chi connectivity index (χ2n) is 5.52. The summed E-state index contributed by atoms with van der Waals surface area (Å²) in [5.41, 5.74) is 0.703. The third kappa shape index (κ3) is 3.48. The largest absolute Gasteiger partial charge is 0.391 e. The molecule has 1 N–H and O–H groups in total. The molecule has 0 saturated heterocycles. The lowest BCUT2D eigenvalue weighted by Crippen LogP contribution is -2.42. The minimum Gasteiger partial charge on any atom is -0.391 e. The molecule has 0 spiro atoms. The quantitative estimate of drug-likeness (QED) is 0.790. The molecule has 0 bridgehead atoms. The van der Waals surface area contributed by atoms with E-state index >= 15 is 0 Å². The number of aliphatic hydroxyl groups is 1. The minimum absolute atomic E-state index is 0.0315. The van der Waals surface area contributed by atoms with Gasteiger partial charge in [-0.1, -0.05) is 0 Å². The molecule has 1 saturated carbocycles. The van der Waals surface area contributed by atoms with Crippen LogP contribution < -0.4 is 0 Å². The Morgan fingerprint density at radius 2 is 2.19 bits per heavy atom. The number of thiophene rings is 1. The van der Waals surface area contributed by atoms with E-state index in [1.54, 1.807) is 23.7 Å². The Hall–Kier alpha value is -0.470. The first-order valence-corrected chi connectivity index (χ1v) is 9.44. The molecule has 1 aliphatic carbocycles. The molecule has 120 valence electrons. The number of sulfonamides is 1. The summed E-state index contributed by atoms with van der Waals surface area (Å²) in [4.78, 5) is 0.788. The molecule has 0 aromatic carbocycles. The van der Waals surface area contributed by atoms with E-state index in [9.17, 15) is 13.5 Å². The molecule has 7 heteroatoms. The van der Waals surface area contributed by atoms with Crippen molar-refractivity contribution in [2.45, 2.75) is 44.2 Å². The number of ether oxygens (including phenoxy) is 1. The number of hydrogen-bond acceptors (Lipinski definition) is 5. The Labute approximate surface area is 130 Å². The van der Waals surface area contributed by atoms with Gasteiger partial charge in [0.15, 0.2) is 0 Å². The van der Waals surface area contributed by atoms with Crippen molar-refractivity contribution >= 4 is 21.4 Å². The van der Waals surface area contributed by atoms with Crippen LogP contribution >= 0.6 is 11.3 Å². The smallest absolute Gasteiger partial charge is 0.244 e. The summed E-state index contributed by atoms with van der Waals surface area (Å²) in [6.07, 6.45) is 2.16. The summed E-state index contributed by atoms with van der Waals surface area (Å²) in [6.45, 7) is 4.21. The van der Waals surface area contributed by atoms with Crippen molar-refractivity contribution in [3.63, 3.8) is 0 Å². The highest BCUT2D eigenvalue weighted by Gasteiger charge is 2.39. The van der Waals surface area contributed by atoms with Gasteiger partial charge in [-0.05, 0) is 43.6 Å². The maximum atomic E-state index is 13.0. The van der Waals surface area contributed by atoms with E-state index in [1.807, 2.05) is 6.92 Å². The van der Waals surface area contributed by atoms with Crippen molar-refractivity contribution in [2.75, 3.05) is 20.3 Å².